The number of nitrogen functional groups attached to an aromatic ring is 1. The van der Waals surface area contributed by atoms with E-state index in [9.17, 15) is 4.79 Å². The van der Waals surface area contributed by atoms with Crippen LogP contribution in [0.3, 0.4) is 0 Å². The average Bonchev–Trinajstić information content (AvgIpc) is 2.33. The molecular formula is C13H13ClN2O. The van der Waals surface area contributed by atoms with E-state index in [0.717, 1.165) is 0 Å². The van der Waals surface area contributed by atoms with Crippen LogP contribution in [-0.2, 0) is 0 Å². The van der Waals surface area contributed by atoms with E-state index in [1.165, 1.54) is 0 Å². The first kappa shape index (κ1) is 13.1. The molecule has 0 saturated heterocycles. The van der Waals surface area contributed by atoms with E-state index in [1.807, 2.05) is 30.3 Å². The molecule has 0 saturated carbocycles. The molecule has 2 aromatic rings. The summed E-state index contributed by atoms with van der Waals surface area (Å²) in [4.78, 5) is 11.8. The molecule has 0 fully saturated rings. The Labute approximate surface area is 106 Å². The lowest BCUT2D eigenvalue weighted by molar-refractivity contribution is 0.102. The van der Waals surface area contributed by atoms with Gasteiger partial charge >= 0.3 is 0 Å². The van der Waals surface area contributed by atoms with Gasteiger partial charge < -0.3 is 11.1 Å². The summed E-state index contributed by atoms with van der Waals surface area (Å²) >= 11 is 0. The summed E-state index contributed by atoms with van der Waals surface area (Å²) in [6, 6.07) is 16.2. The van der Waals surface area contributed by atoms with Crippen molar-refractivity contribution < 1.29 is 4.79 Å². The average molecular weight is 249 g/mol. The van der Waals surface area contributed by atoms with Crippen LogP contribution in [0.2, 0.25) is 0 Å². The Morgan fingerprint density at radius 1 is 0.941 bits per heavy atom. The summed E-state index contributed by atoms with van der Waals surface area (Å²) in [6.07, 6.45) is 0. The lowest BCUT2D eigenvalue weighted by Crippen LogP contribution is -2.12. The third kappa shape index (κ3) is 3.23. The summed E-state index contributed by atoms with van der Waals surface area (Å²) in [5.74, 6) is -0.154. The van der Waals surface area contributed by atoms with Crippen LogP contribution < -0.4 is 11.1 Å². The van der Waals surface area contributed by atoms with E-state index in [1.54, 1.807) is 24.3 Å². The number of halogens is 1. The van der Waals surface area contributed by atoms with Crippen molar-refractivity contribution in [1.82, 2.24) is 0 Å². The fourth-order valence-corrected chi connectivity index (χ4v) is 1.39. The van der Waals surface area contributed by atoms with Crippen LogP contribution in [0.15, 0.2) is 54.6 Å². The van der Waals surface area contributed by atoms with Crippen molar-refractivity contribution in [2.75, 3.05) is 11.1 Å². The number of carbonyl (C=O) groups excluding carboxylic acids is 1. The minimum absolute atomic E-state index is 0. The van der Waals surface area contributed by atoms with Crippen molar-refractivity contribution in [3.63, 3.8) is 0 Å². The maximum atomic E-state index is 11.8. The van der Waals surface area contributed by atoms with Gasteiger partial charge in [-0.2, -0.15) is 0 Å². The van der Waals surface area contributed by atoms with Gasteiger partial charge in [-0.05, 0) is 24.3 Å². The molecule has 17 heavy (non-hydrogen) atoms. The summed E-state index contributed by atoms with van der Waals surface area (Å²) in [5, 5.41) is 2.76. The molecule has 2 aromatic carbocycles. The minimum atomic E-state index is -0.154. The molecule has 88 valence electrons. The van der Waals surface area contributed by atoms with E-state index < -0.39 is 0 Å². The molecule has 0 bridgehead atoms. The smallest absolute Gasteiger partial charge is 0.255 e. The van der Waals surface area contributed by atoms with E-state index in [-0.39, 0.29) is 18.3 Å². The first-order valence-electron chi connectivity index (χ1n) is 4.98. The molecule has 0 aliphatic rings. The van der Waals surface area contributed by atoms with Gasteiger partial charge in [0.2, 0.25) is 0 Å². The van der Waals surface area contributed by atoms with E-state index in [2.05, 4.69) is 5.32 Å². The quantitative estimate of drug-likeness (QED) is 0.803. The first-order chi connectivity index (χ1) is 7.77. The molecule has 1 amide bonds. The molecule has 0 aromatic heterocycles. The van der Waals surface area contributed by atoms with Gasteiger partial charge in [-0.25, -0.2) is 0 Å². The van der Waals surface area contributed by atoms with Gasteiger partial charge in [-0.15, -0.1) is 12.4 Å². The van der Waals surface area contributed by atoms with Gasteiger partial charge in [0.1, 0.15) is 0 Å². The van der Waals surface area contributed by atoms with Crippen LogP contribution >= 0.6 is 12.4 Å². The maximum Gasteiger partial charge on any atom is 0.255 e. The summed E-state index contributed by atoms with van der Waals surface area (Å²) in [6.45, 7) is 0. The molecule has 0 radical (unpaired) electrons. The number of nitrogens with one attached hydrogen (secondary N) is 1. The van der Waals surface area contributed by atoms with Crippen LogP contribution in [0, 0.1) is 0 Å². The highest BCUT2D eigenvalue weighted by molar-refractivity contribution is 6.05. The second-order valence-corrected chi connectivity index (χ2v) is 3.41. The van der Waals surface area contributed by atoms with Crippen LogP contribution in [0.25, 0.3) is 0 Å². The fourth-order valence-electron chi connectivity index (χ4n) is 1.39. The Bertz CT molecular complexity index is 500. The van der Waals surface area contributed by atoms with Crippen LogP contribution in [0.4, 0.5) is 11.4 Å². The van der Waals surface area contributed by atoms with Crippen molar-refractivity contribution in [2.45, 2.75) is 0 Å². The lowest BCUT2D eigenvalue weighted by Gasteiger charge is -2.07. The summed E-state index contributed by atoms with van der Waals surface area (Å²) < 4.78 is 0. The van der Waals surface area contributed by atoms with Gasteiger partial charge in [0.15, 0.2) is 0 Å². The monoisotopic (exact) mass is 248 g/mol. The molecule has 0 heterocycles. The second-order valence-electron chi connectivity index (χ2n) is 3.41. The predicted octanol–water partition coefficient (Wildman–Crippen LogP) is 2.94. The molecular weight excluding hydrogens is 236 g/mol. The Morgan fingerprint density at radius 2 is 1.53 bits per heavy atom. The first-order valence-corrected chi connectivity index (χ1v) is 4.98. The molecule has 0 aliphatic carbocycles. The lowest BCUT2D eigenvalue weighted by atomic mass is 10.2. The third-order valence-electron chi connectivity index (χ3n) is 2.24. The predicted molar refractivity (Wildman–Crippen MR) is 72.5 cm³/mol. The summed E-state index contributed by atoms with van der Waals surface area (Å²) in [5.41, 5.74) is 7.55. The number of para-hydroxylation sites is 2. The number of hydrogen-bond acceptors (Lipinski definition) is 2. The number of amides is 1. The molecule has 0 aliphatic heterocycles. The van der Waals surface area contributed by atoms with Gasteiger partial charge in [0, 0.05) is 5.56 Å². The molecule has 0 atom stereocenters. The number of carbonyl (C=O) groups is 1. The van der Waals surface area contributed by atoms with Gasteiger partial charge in [-0.1, -0.05) is 30.3 Å². The van der Waals surface area contributed by atoms with E-state index >= 15 is 0 Å². The number of hydrogen-bond donors (Lipinski definition) is 2. The van der Waals surface area contributed by atoms with Crippen molar-refractivity contribution in [3.8, 4) is 0 Å². The van der Waals surface area contributed by atoms with Crippen molar-refractivity contribution >= 4 is 29.7 Å². The van der Waals surface area contributed by atoms with E-state index in [4.69, 9.17) is 5.73 Å². The zero-order valence-electron chi connectivity index (χ0n) is 9.09. The van der Waals surface area contributed by atoms with Gasteiger partial charge in [0.25, 0.3) is 5.91 Å². The third-order valence-corrected chi connectivity index (χ3v) is 2.24. The van der Waals surface area contributed by atoms with Crippen molar-refractivity contribution in [2.24, 2.45) is 0 Å². The van der Waals surface area contributed by atoms with Crippen molar-refractivity contribution in [3.05, 3.63) is 60.2 Å². The molecule has 4 heteroatoms. The van der Waals surface area contributed by atoms with Crippen LogP contribution in [-0.4, -0.2) is 5.91 Å². The number of benzene rings is 2. The largest absolute Gasteiger partial charge is 0.397 e. The standard InChI is InChI=1S/C13H12N2O.ClH/c14-11-8-4-5-9-12(11)15-13(16)10-6-2-1-3-7-10;/h1-9H,14H2,(H,15,16);1H. The SMILES string of the molecule is Cl.Nc1ccccc1NC(=O)c1ccccc1. The van der Waals surface area contributed by atoms with Crippen LogP contribution in [0.1, 0.15) is 10.4 Å². The number of anilines is 2. The Hall–Kier alpha value is -2.00. The Balaban J connectivity index is 0.00000144. The Kier molecular flexibility index (Phi) is 4.55. The molecule has 2 rings (SSSR count). The van der Waals surface area contributed by atoms with Gasteiger partial charge in [-0.3, -0.25) is 4.79 Å². The highest BCUT2D eigenvalue weighted by Crippen LogP contribution is 2.17. The molecule has 3 N–H and O–H groups in total. The molecule has 3 nitrogen and oxygen atoms in total. The summed E-state index contributed by atoms with van der Waals surface area (Å²) in [7, 11) is 0. The maximum absolute atomic E-state index is 11.8. The second kappa shape index (κ2) is 5.92. The number of nitrogens with two attached hydrogens (primary N) is 1. The zero-order chi connectivity index (χ0) is 11.4. The highest BCUT2D eigenvalue weighted by Gasteiger charge is 2.06. The molecule has 0 spiro atoms. The van der Waals surface area contributed by atoms with Crippen molar-refractivity contribution in [1.29, 1.82) is 0 Å². The van der Waals surface area contributed by atoms with E-state index in [0.29, 0.717) is 16.9 Å². The fraction of sp³-hybridized carbons (Fsp3) is 0. The number of rotatable bonds is 2. The van der Waals surface area contributed by atoms with Crippen LogP contribution in [0.5, 0.6) is 0 Å². The normalized spacial score (nSPS) is 9.18. The Morgan fingerprint density at radius 3 is 2.18 bits per heavy atom. The minimum Gasteiger partial charge on any atom is -0.397 e. The molecule has 0 unspecified atom stereocenters. The zero-order valence-corrected chi connectivity index (χ0v) is 9.91. The highest BCUT2D eigenvalue weighted by atomic mass is 35.5. The van der Waals surface area contributed by atoms with Gasteiger partial charge in [0.05, 0.1) is 11.4 Å². The topological polar surface area (TPSA) is 55.1 Å².